The van der Waals surface area contributed by atoms with Gasteiger partial charge in [-0.2, -0.15) is 0 Å². The lowest BCUT2D eigenvalue weighted by atomic mass is 9.77. The Morgan fingerprint density at radius 3 is 1.94 bits per heavy atom. The van der Waals surface area contributed by atoms with Crippen LogP contribution in [0.2, 0.25) is 0 Å². The molecule has 2 rings (SSSR count). The molecule has 4 heteroatoms. The van der Waals surface area contributed by atoms with Crippen molar-refractivity contribution >= 4 is 12.6 Å². The van der Waals surface area contributed by atoms with Gasteiger partial charge in [0.2, 0.25) is 0 Å². The second kappa shape index (κ2) is 4.00. The molecular formula is C14H21BO3. The highest BCUT2D eigenvalue weighted by Gasteiger charge is 2.51. The molecular weight excluding hydrogens is 227 g/mol. The van der Waals surface area contributed by atoms with Crippen molar-refractivity contribution in [2.75, 3.05) is 0 Å². The third kappa shape index (κ3) is 2.04. The molecule has 98 valence electrons. The zero-order chi connectivity index (χ0) is 13.7. The zero-order valence-corrected chi connectivity index (χ0v) is 12.0. The van der Waals surface area contributed by atoms with Gasteiger partial charge >= 0.3 is 7.12 Å². The highest BCUT2D eigenvalue weighted by Crippen LogP contribution is 2.36. The normalized spacial score (nSPS) is 21.3. The van der Waals surface area contributed by atoms with Crippen molar-refractivity contribution in [2.24, 2.45) is 0 Å². The maximum absolute atomic E-state index is 9.89. The molecule has 0 saturated carbocycles. The fraction of sp³-hybridized carbons (Fsp3) is 0.571. The van der Waals surface area contributed by atoms with E-state index in [-0.39, 0.29) is 11.2 Å². The number of benzene rings is 1. The van der Waals surface area contributed by atoms with E-state index < -0.39 is 7.12 Å². The van der Waals surface area contributed by atoms with Gasteiger partial charge in [-0.25, -0.2) is 0 Å². The van der Waals surface area contributed by atoms with Crippen LogP contribution in [0, 0.1) is 13.8 Å². The summed E-state index contributed by atoms with van der Waals surface area (Å²) in [5, 5.41) is 9.89. The second-order valence-electron chi connectivity index (χ2n) is 6.07. The summed E-state index contributed by atoms with van der Waals surface area (Å²) >= 11 is 0. The molecule has 0 radical (unpaired) electrons. The average Bonchev–Trinajstić information content (AvgIpc) is 2.44. The highest BCUT2D eigenvalue weighted by atomic mass is 16.7. The van der Waals surface area contributed by atoms with Gasteiger partial charge < -0.3 is 14.4 Å². The number of rotatable bonds is 1. The van der Waals surface area contributed by atoms with Crippen molar-refractivity contribution in [3.63, 3.8) is 0 Å². The third-order valence-electron chi connectivity index (χ3n) is 4.19. The molecule has 18 heavy (non-hydrogen) atoms. The average molecular weight is 248 g/mol. The molecule has 1 aromatic carbocycles. The Kier molecular flexibility index (Phi) is 2.99. The van der Waals surface area contributed by atoms with Crippen LogP contribution in [-0.2, 0) is 9.31 Å². The largest absolute Gasteiger partial charge is 0.508 e. The molecule has 1 N–H and O–H groups in total. The number of aromatic hydroxyl groups is 1. The Morgan fingerprint density at radius 1 is 1.00 bits per heavy atom. The summed E-state index contributed by atoms with van der Waals surface area (Å²) in [5.74, 6) is 0.291. The lowest BCUT2D eigenvalue weighted by Gasteiger charge is -2.32. The minimum Gasteiger partial charge on any atom is -0.508 e. The minimum absolute atomic E-state index is 0.291. The van der Waals surface area contributed by atoms with Crippen LogP contribution in [0.15, 0.2) is 12.1 Å². The van der Waals surface area contributed by atoms with Crippen molar-refractivity contribution in [1.82, 2.24) is 0 Å². The summed E-state index contributed by atoms with van der Waals surface area (Å²) in [5.41, 5.74) is 2.10. The van der Waals surface area contributed by atoms with Crippen molar-refractivity contribution < 1.29 is 14.4 Å². The fourth-order valence-electron chi connectivity index (χ4n) is 1.98. The molecule has 0 amide bonds. The van der Waals surface area contributed by atoms with E-state index in [0.717, 1.165) is 16.6 Å². The van der Waals surface area contributed by atoms with Gasteiger partial charge in [0, 0.05) is 0 Å². The fourth-order valence-corrected chi connectivity index (χ4v) is 1.98. The molecule has 0 bridgehead atoms. The van der Waals surface area contributed by atoms with Crippen LogP contribution < -0.4 is 5.46 Å². The van der Waals surface area contributed by atoms with Crippen molar-refractivity contribution in [3.8, 4) is 5.75 Å². The number of hydrogen-bond acceptors (Lipinski definition) is 3. The lowest BCUT2D eigenvalue weighted by molar-refractivity contribution is 0.00578. The van der Waals surface area contributed by atoms with Crippen LogP contribution in [0.1, 0.15) is 38.8 Å². The molecule has 1 heterocycles. The first kappa shape index (κ1) is 13.4. The summed E-state index contributed by atoms with van der Waals surface area (Å²) in [4.78, 5) is 0. The zero-order valence-electron chi connectivity index (χ0n) is 12.0. The van der Waals surface area contributed by atoms with Crippen molar-refractivity contribution in [3.05, 3.63) is 23.3 Å². The van der Waals surface area contributed by atoms with E-state index in [1.807, 2.05) is 47.6 Å². The van der Waals surface area contributed by atoms with Crippen LogP contribution >= 0.6 is 0 Å². The first-order valence-electron chi connectivity index (χ1n) is 6.30. The van der Waals surface area contributed by atoms with Crippen LogP contribution in [0.25, 0.3) is 0 Å². The predicted molar refractivity (Wildman–Crippen MR) is 73.3 cm³/mol. The van der Waals surface area contributed by atoms with Gasteiger partial charge in [-0.05, 0) is 64.2 Å². The van der Waals surface area contributed by atoms with Crippen LogP contribution in [0.3, 0.4) is 0 Å². The summed E-state index contributed by atoms with van der Waals surface area (Å²) in [6.45, 7) is 12.0. The monoisotopic (exact) mass is 248 g/mol. The smallest absolute Gasteiger partial charge is 0.494 e. The first-order chi connectivity index (χ1) is 8.14. The van der Waals surface area contributed by atoms with Gasteiger partial charge in [0.25, 0.3) is 0 Å². The summed E-state index contributed by atoms with van der Waals surface area (Å²) in [6.07, 6.45) is 0. The summed E-state index contributed by atoms with van der Waals surface area (Å²) in [7, 11) is -0.416. The number of phenols is 1. The molecule has 0 aliphatic carbocycles. The first-order valence-corrected chi connectivity index (χ1v) is 6.30. The number of aryl methyl sites for hydroxylation is 1. The molecule has 1 fully saturated rings. The van der Waals surface area contributed by atoms with E-state index in [1.165, 1.54) is 0 Å². The quantitative estimate of drug-likeness (QED) is 0.775. The Morgan fingerprint density at radius 2 is 1.50 bits per heavy atom. The Hall–Kier alpha value is -0.995. The third-order valence-corrected chi connectivity index (χ3v) is 4.19. The molecule has 1 aliphatic rings. The van der Waals surface area contributed by atoms with E-state index in [0.29, 0.717) is 5.75 Å². The standard InChI is InChI=1S/C14H21BO3/c1-9-7-11(8-12(16)10(9)2)15-17-13(3,4)14(5,6)18-15/h7-8,16H,1-6H3. The highest BCUT2D eigenvalue weighted by molar-refractivity contribution is 6.62. The van der Waals surface area contributed by atoms with Gasteiger partial charge in [-0.3, -0.25) is 0 Å². The maximum Gasteiger partial charge on any atom is 0.494 e. The van der Waals surface area contributed by atoms with Gasteiger partial charge in [-0.15, -0.1) is 0 Å². The molecule has 1 aliphatic heterocycles. The molecule has 0 unspecified atom stereocenters. The van der Waals surface area contributed by atoms with Gasteiger partial charge in [-0.1, -0.05) is 6.07 Å². The summed E-state index contributed by atoms with van der Waals surface area (Å²) < 4.78 is 11.9. The predicted octanol–water partition coefficient (Wildman–Crippen LogP) is 2.31. The van der Waals surface area contributed by atoms with E-state index in [4.69, 9.17) is 9.31 Å². The molecule has 1 aromatic rings. The van der Waals surface area contributed by atoms with E-state index in [2.05, 4.69) is 0 Å². The molecule has 0 atom stereocenters. The van der Waals surface area contributed by atoms with Crippen LogP contribution in [0.4, 0.5) is 0 Å². The Bertz CT molecular complexity index is 441. The van der Waals surface area contributed by atoms with Crippen LogP contribution in [0.5, 0.6) is 5.75 Å². The Balaban J connectivity index is 2.36. The SMILES string of the molecule is Cc1cc(B2OC(C)(C)C(C)(C)O2)cc(O)c1C. The van der Waals surface area contributed by atoms with Gasteiger partial charge in [0.1, 0.15) is 5.75 Å². The van der Waals surface area contributed by atoms with Gasteiger partial charge in [0.05, 0.1) is 11.2 Å². The lowest BCUT2D eigenvalue weighted by Crippen LogP contribution is -2.41. The Labute approximate surface area is 109 Å². The van der Waals surface area contributed by atoms with E-state index >= 15 is 0 Å². The topological polar surface area (TPSA) is 38.7 Å². The van der Waals surface area contributed by atoms with E-state index in [9.17, 15) is 5.11 Å². The molecule has 3 nitrogen and oxygen atoms in total. The number of hydrogen-bond donors (Lipinski definition) is 1. The molecule has 0 aromatic heterocycles. The van der Waals surface area contributed by atoms with Crippen LogP contribution in [-0.4, -0.2) is 23.4 Å². The van der Waals surface area contributed by atoms with E-state index in [1.54, 1.807) is 6.07 Å². The molecule has 0 spiro atoms. The van der Waals surface area contributed by atoms with Gasteiger partial charge in [0.15, 0.2) is 0 Å². The maximum atomic E-state index is 9.89. The number of phenolic OH excluding ortho intramolecular Hbond substituents is 1. The van der Waals surface area contributed by atoms with Crippen molar-refractivity contribution in [2.45, 2.75) is 52.7 Å². The second-order valence-corrected chi connectivity index (χ2v) is 6.07. The summed E-state index contributed by atoms with van der Waals surface area (Å²) in [6, 6.07) is 3.74. The minimum atomic E-state index is -0.416. The van der Waals surface area contributed by atoms with Crippen molar-refractivity contribution in [1.29, 1.82) is 0 Å². The molecule has 1 saturated heterocycles.